The second-order valence-corrected chi connectivity index (χ2v) is 5.52. The van der Waals surface area contributed by atoms with Crippen molar-refractivity contribution in [3.05, 3.63) is 45.4 Å². The van der Waals surface area contributed by atoms with Gasteiger partial charge in [0.05, 0.1) is 0 Å². The summed E-state index contributed by atoms with van der Waals surface area (Å²) < 4.78 is 0. The lowest BCUT2D eigenvalue weighted by Crippen LogP contribution is -2.13. The van der Waals surface area contributed by atoms with E-state index in [4.69, 9.17) is 0 Å². The number of benzene rings is 1. The Hall–Kier alpha value is -1.26. The van der Waals surface area contributed by atoms with E-state index >= 15 is 0 Å². The van der Waals surface area contributed by atoms with Gasteiger partial charge in [0.25, 0.3) is 0 Å². The molecule has 0 fully saturated rings. The quantitative estimate of drug-likeness (QED) is 0.812. The Morgan fingerprint density at radius 3 is 2.72 bits per heavy atom. The zero-order valence-electron chi connectivity index (χ0n) is 10.9. The molecule has 4 heteroatoms. The van der Waals surface area contributed by atoms with Crippen LogP contribution in [0.5, 0.6) is 0 Å². The lowest BCUT2D eigenvalue weighted by Gasteiger charge is -2.01. The van der Waals surface area contributed by atoms with Crippen LogP contribution in [0.2, 0.25) is 0 Å². The molecule has 0 spiro atoms. The Kier molecular flexibility index (Phi) is 4.84. The van der Waals surface area contributed by atoms with Crippen molar-refractivity contribution in [3.63, 3.8) is 0 Å². The van der Waals surface area contributed by atoms with Crippen molar-refractivity contribution in [1.82, 2.24) is 15.5 Å². The van der Waals surface area contributed by atoms with E-state index in [-0.39, 0.29) is 0 Å². The summed E-state index contributed by atoms with van der Waals surface area (Å²) >= 11 is 1.70. The van der Waals surface area contributed by atoms with Gasteiger partial charge in [0, 0.05) is 13.0 Å². The van der Waals surface area contributed by atoms with Crippen molar-refractivity contribution in [2.24, 2.45) is 0 Å². The Labute approximate surface area is 112 Å². The molecule has 2 rings (SSSR count). The van der Waals surface area contributed by atoms with Crippen LogP contribution in [0.1, 0.15) is 34.5 Å². The first kappa shape index (κ1) is 13.2. The molecular formula is C14H19N3S. The van der Waals surface area contributed by atoms with Crippen LogP contribution in [-0.2, 0) is 13.0 Å². The maximum atomic E-state index is 4.26. The third kappa shape index (κ3) is 3.62. The van der Waals surface area contributed by atoms with Gasteiger partial charge in [-0.05, 0) is 31.0 Å². The van der Waals surface area contributed by atoms with Gasteiger partial charge in [0.15, 0.2) is 0 Å². The third-order valence-electron chi connectivity index (χ3n) is 2.81. The van der Waals surface area contributed by atoms with Crippen molar-refractivity contribution in [1.29, 1.82) is 0 Å². The molecule has 1 heterocycles. The van der Waals surface area contributed by atoms with Gasteiger partial charge in [-0.1, -0.05) is 42.5 Å². The SMILES string of the molecule is CCCNCc1nnc(Cc2ccccc2C)s1. The van der Waals surface area contributed by atoms with Crippen LogP contribution >= 0.6 is 11.3 Å². The maximum absolute atomic E-state index is 4.26. The molecule has 3 nitrogen and oxygen atoms in total. The van der Waals surface area contributed by atoms with Crippen LogP contribution in [0.3, 0.4) is 0 Å². The van der Waals surface area contributed by atoms with E-state index in [1.165, 1.54) is 11.1 Å². The van der Waals surface area contributed by atoms with E-state index in [2.05, 4.69) is 53.6 Å². The predicted octanol–water partition coefficient (Wildman–Crippen LogP) is 2.94. The first-order valence-electron chi connectivity index (χ1n) is 6.36. The Balaban J connectivity index is 1.96. The number of hydrogen-bond donors (Lipinski definition) is 1. The number of nitrogens with zero attached hydrogens (tertiary/aromatic N) is 2. The largest absolute Gasteiger partial charge is 0.310 e. The highest BCUT2D eigenvalue weighted by Gasteiger charge is 2.06. The summed E-state index contributed by atoms with van der Waals surface area (Å²) in [6, 6.07) is 8.44. The van der Waals surface area contributed by atoms with Gasteiger partial charge in [-0.2, -0.15) is 0 Å². The molecule has 0 bridgehead atoms. The second kappa shape index (κ2) is 6.61. The molecule has 0 saturated heterocycles. The molecular weight excluding hydrogens is 242 g/mol. The minimum Gasteiger partial charge on any atom is -0.310 e. The van der Waals surface area contributed by atoms with Crippen molar-refractivity contribution in [3.8, 4) is 0 Å². The minimum absolute atomic E-state index is 0.833. The lowest BCUT2D eigenvalue weighted by molar-refractivity contribution is 0.668. The van der Waals surface area contributed by atoms with Crippen LogP contribution in [0, 0.1) is 6.92 Å². The fourth-order valence-electron chi connectivity index (χ4n) is 1.77. The molecule has 96 valence electrons. The van der Waals surface area contributed by atoms with Crippen LogP contribution in [-0.4, -0.2) is 16.7 Å². The predicted molar refractivity (Wildman–Crippen MR) is 75.9 cm³/mol. The van der Waals surface area contributed by atoms with Crippen LogP contribution in [0.4, 0.5) is 0 Å². The zero-order chi connectivity index (χ0) is 12.8. The lowest BCUT2D eigenvalue weighted by atomic mass is 10.1. The van der Waals surface area contributed by atoms with E-state index in [9.17, 15) is 0 Å². The summed E-state index contributed by atoms with van der Waals surface area (Å²) in [5.41, 5.74) is 2.65. The Morgan fingerprint density at radius 1 is 1.17 bits per heavy atom. The highest BCUT2D eigenvalue weighted by atomic mass is 32.1. The summed E-state index contributed by atoms with van der Waals surface area (Å²) in [6.45, 7) is 6.17. The first-order chi connectivity index (χ1) is 8.79. The van der Waals surface area contributed by atoms with Gasteiger partial charge in [-0.3, -0.25) is 0 Å². The van der Waals surface area contributed by atoms with Crippen LogP contribution in [0.15, 0.2) is 24.3 Å². The number of rotatable bonds is 6. The highest BCUT2D eigenvalue weighted by molar-refractivity contribution is 7.11. The molecule has 0 aliphatic rings. The van der Waals surface area contributed by atoms with Gasteiger partial charge in [0.2, 0.25) is 0 Å². The fourth-order valence-corrected chi connectivity index (χ4v) is 2.61. The van der Waals surface area contributed by atoms with E-state index in [1.54, 1.807) is 11.3 Å². The molecule has 0 unspecified atom stereocenters. The fraction of sp³-hybridized carbons (Fsp3) is 0.429. The summed E-state index contributed by atoms with van der Waals surface area (Å²) in [5, 5.41) is 14.0. The molecule has 18 heavy (non-hydrogen) atoms. The summed E-state index contributed by atoms with van der Waals surface area (Å²) in [5.74, 6) is 0. The molecule has 0 atom stereocenters. The minimum atomic E-state index is 0.833. The average Bonchev–Trinajstić information content (AvgIpc) is 2.80. The normalized spacial score (nSPS) is 10.8. The summed E-state index contributed by atoms with van der Waals surface area (Å²) in [4.78, 5) is 0. The van der Waals surface area contributed by atoms with E-state index in [0.717, 1.165) is 35.9 Å². The third-order valence-corrected chi connectivity index (χ3v) is 3.74. The van der Waals surface area contributed by atoms with Gasteiger partial charge in [-0.25, -0.2) is 0 Å². The van der Waals surface area contributed by atoms with Gasteiger partial charge in [0.1, 0.15) is 10.0 Å². The van der Waals surface area contributed by atoms with E-state index in [1.807, 2.05) is 0 Å². The van der Waals surface area contributed by atoms with Crippen LogP contribution < -0.4 is 5.32 Å². The van der Waals surface area contributed by atoms with Crippen molar-refractivity contribution >= 4 is 11.3 Å². The topological polar surface area (TPSA) is 37.8 Å². The average molecular weight is 261 g/mol. The molecule has 1 N–H and O–H groups in total. The van der Waals surface area contributed by atoms with Crippen molar-refractivity contribution in [2.45, 2.75) is 33.2 Å². The molecule has 2 aromatic rings. The first-order valence-corrected chi connectivity index (χ1v) is 7.17. The second-order valence-electron chi connectivity index (χ2n) is 4.37. The van der Waals surface area contributed by atoms with Crippen molar-refractivity contribution < 1.29 is 0 Å². The van der Waals surface area contributed by atoms with Crippen molar-refractivity contribution in [2.75, 3.05) is 6.54 Å². The Morgan fingerprint density at radius 2 is 1.94 bits per heavy atom. The molecule has 1 aromatic carbocycles. The highest BCUT2D eigenvalue weighted by Crippen LogP contribution is 2.16. The molecule has 0 radical (unpaired) electrons. The monoisotopic (exact) mass is 261 g/mol. The van der Waals surface area contributed by atoms with Gasteiger partial charge < -0.3 is 5.32 Å². The smallest absolute Gasteiger partial charge is 0.131 e. The van der Waals surface area contributed by atoms with Gasteiger partial charge >= 0.3 is 0 Å². The Bertz CT molecular complexity index is 493. The number of hydrogen-bond acceptors (Lipinski definition) is 4. The van der Waals surface area contributed by atoms with E-state index < -0.39 is 0 Å². The molecule has 0 saturated carbocycles. The molecule has 1 aromatic heterocycles. The number of aromatic nitrogens is 2. The zero-order valence-corrected chi connectivity index (χ0v) is 11.8. The molecule has 0 amide bonds. The van der Waals surface area contributed by atoms with E-state index in [0.29, 0.717) is 0 Å². The number of nitrogens with one attached hydrogen (secondary N) is 1. The summed E-state index contributed by atoms with van der Waals surface area (Å²) in [7, 11) is 0. The number of aryl methyl sites for hydroxylation is 1. The van der Waals surface area contributed by atoms with Crippen LogP contribution in [0.25, 0.3) is 0 Å². The maximum Gasteiger partial charge on any atom is 0.131 e. The standard InChI is InChI=1S/C14H19N3S/c1-3-8-15-10-14-17-16-13(18-14)9-12-7-5-4-6-11(12)2/h4-7,15H,3,8-10H2,1-2H3. The molecule has 0 aliphatic carbocycles. The summed E-state index contributed by atoms with van der Waals surface area (Å²) in [6.07, 6.45) is 2.03. The molecule has 0 aliphatic heterocycles. The van der Waals surface area contributed by atoms with Gasteiger partial charge in [-0.15, -0.1) is 10.2 Å².